The lowest BCUT2D eigenvalue weighted by Crippen LogP contribution is -2.46. The summed E-state index contributed by atoms with van der Waals surface area (Å²) in [5.74, 6) is 0. The van der Waals surface area contributed by atoms with Crippen molar-refractivity contribution >= 4 is 0 Å². The van der Waals surface area contributed by atoms with Crippen LogP contribution in [0.5, 0.6) is 0 Å². The number of benzene rings is 1. The van der Waals surface area contributed by atoms with Gasteiger partial charge in [0, 0.05) is 12.6 Å². The lowest BCUT2D eigenvalue weighted by atomic mass is 9.80. The average molecular weight is 230 g/mol. The molecule has 1 atom stereocenters. The Morgan fingerprint density at radius 3 is 2.53 bits per heavy atom. The minimum atomic E-state index is -0.485. The zero-order valence-electron chi connectivity index (χ0n) is 10.1. The Morgan fingerprint density at radius 2 is 2.06 bits per heavy atom. The molecule has 1 fully saturated rings. The molecule has 0 aromatic heterocycles. The number of aliphatic hydroxyl groups is 1. The van der Waals surface area contributed by atoms with Gasteiger partial charge in [0.1, 0.15) is 0 Å². The summed E-state index contributed by atoms with van der Waals surface area (Å²) in [6.45, 7) is 2.72. The molecule has 1 aromatic carbocycles. The van der Waals surface area contributed by atoms with Crippen molar-refractivity contribution in [2.45, 2.75) is 37.8 Å². The number of hydrogen-bond acceptors (Lipinski definition) is 3. The van der Waals surface area contributed by atoms with Crippen LogP contribution in [0.4, 0.5) is 0 Å². The Kier molecular flexibility index (Phi) is 3.46. The van der Waals surface area contributed by atoms with Crippen LogP contribution in [-0.4, -0.2) is 17.3 Å². The van der Waals surface area contributed by atoms with Crippen molar-refractivity contribution in [3.05, 3.63) is 35.4 Å². The van der Waals surface area contributed by atoms with Crippen LogP contribution >= 0.6 is 0 Å². The predicted octanol–water partition coefficient (Wildman–Crippen LogP) is 2.12. The summed E-state index contributed by atoms with van der Waals surface area (Å²) in [5, 5.41) is 22.0. The molecule has 2 N–H and O–H groups in total. The molecule has 1 unspecified atom stereocenters. The van der Waals surface area contributed by atoms with Crippen molar-refractivity contribution in [2.75, 3.05) is 6.54 Å². The van der Waals surface area contributed by atoms with E-state index < -0.39 is 5.60 Å². The Morgan fingerprint density at radius 1 is 1.41 bits per heavy atom. The Labute approximate surface area is 102 Å². The van der Waals surface area contributed by atoms with Gasteiger partial charge in [-0.05, 0) is 43.9 Å². The molecule has 2 rings (SSSR count). The van der Waals surface area contributed by atoms with Crippen LogP contribution in [-0.2, 0) is 0 Å². The first-order chi connectivity index (χ1) is 8.13. The van der Waals surface area contributed by atoms with Crippen molar-refractivity contribution in [1.82, 2.24) is 5.32 Å². The number of nitrogens with zero attached hydrogens (tertiary/aromatic N) is 1. The molecule has 17 heavy (non-hydrogen) atoms. The molecule has 90 valence electrons. The second kappa shape index (κ2) is 4.87. The minimum absolute atomic E-state index is 0.201. The van der Waals surface area contributed by atoms with Crippen LogP contribution < -0.4 is 5.32 Å². The molecule has 0 aliphatic heterocycles. The van der Waals surface area contributed by atoms with Crippen molar-refractivity contribution in [2.24, 2.45) is 0 Å². The van der Waals surface area contributed by atoms with Crippen molar-refractivity contribution in [3.8, 4) is 6.07 Å². The molecule has 1 aliphatic rings. The molecule has 0 amide bonds. The summed E-state index contributed by atoms with van der Waals surface area (Å²) in [6, 6.07) is 9.88. The van der Waals surface area contributed by atoms with Gasteiger partial charge in [-0.25, -0.2) is 0 Å². The maximum atomic E-state index is 9.98. The minimum Gasteiger partial charge on any atom is -0.389 e. The third-order valence-corrected chi connectivity index (χ3v) is 3.56. The third-order valence-electron chi connectivity index (χ3n) is 3.56. The van der Waals surface area contributed by atoms with Gasteiger partial charge in [-0.3, -0.25) is 0 Å². The number of rotatable bonds is 4. The van der Waals surface area contributed by atoms with E-state index in [9.17, 15) is 5.11 Å². The molecule has 0 heterocycles. The molecule has 0 bridgehead atoms. The van der Waals surface area contributed by atoms with Gasteiger partial charge in [0.25, 0.3) is 0 Å². The molecular weight excluding hydrogens is 212 g/mol. The lowest BCUT2D eigenvalue weighted by Gasteiger charge is -2.37. The molecule has 3 nitrogen and oxygen atoms in total. The number of nitrogens with one attached hydrogen (secondary N) is 1. The highest BCUT2D eigenvalue weighted by atomic mass is 16.3. The van der Waals surface area contributed by atoms with Crippen LogP contribution in [0, 0.1) is 11.3 Å². The van der Waals surface area contributed by atoms with E-state index in [4.69, 9.17) is 5.26 Å². The van der Waals surface area contributed by atoms with E-state index in [0.717, 1.165) is 24.8 Å². The average Bonchev–Trinajstić information content (AvgIpc) is 2.33. The molecular formula is C14H18N2O. The Bertz CT molecular complexity index is 415. The van der Waals surface area contributed by atoms with Gasteiger partial charge in [0.15, 0.2) is 0 Å². The summed E-state index contributed by atoms with van der Waals surface area (Å²) < 4.78 is 0. The fraction of sp³-hybridized carbons (Fsp3) is 0.500. The molecule has 3 heteroatoms. The molecule has 1 saturated carbocycles. The van der Waals surface area contributed by atoms with Gasteiger partial charge < -0.3 is 10.4 Å². The second-order valence-corrected chi connectivity index (χ2v) is 4.91. The van der Waals surface area contributed by atoms with Crippen LogP contribution in [0.2, 0.25) is 0 Å². The van der Waals surface area contributed by atoms with Gasteiger partial charge in [-0.2, -0.15) is 5.26 Å². The van der Waals surface area contributed by atoms with E-state index in [1.807, 2.05) is 24.3 Å². The number of nitriles is 1. The van der Waals surface area contributed by atoms with Crippen LogP contribution in [0.1, 0.15) is 43.4 Å². The van der Waals surface area contributed by atoms with Crippen molar-refractivity contribution < 1.29 is 5.11 Å². The van der Waals surface area contributed by atoms with Gasteiger partial charge in [-0.1, -0.05) is 12.1 Å². The van der Waals surface area contributed by atoms with Crippen molar-refractivity contribution in [3.63, 3.8) is 0 Å². The smallest absolute Gasteiger partial charge is 0.0991 e. The molecule has 0 saturated heterocycles. The summed E-state index contributed by atoms with van der Waals surface area (Å²) in [4.78, 5) is 0. The summed E-state index contributed by atoms with van der Waals surface area (Å²) in [7, 11) is 0. The largest absolute Gasteiger partial charge is 0.389 e. The van der Waals surface area contributed by atoms with E-state index >= 15 is 0 Å². The molecule has 1 aromatic rings. The second-order valence-electron chi connectivity index (χ2n) is 4.91. The SMILES string of the molecule is CC(NCC1(O)CCC1)c1ccc(C#N)cc1. The number of hydrogen-bond donors (Lipinski definition) is 2. The first-order valence-corrected chi connectivity index (χ1v) is 6.09. The quantitative estimate of drug-likeness (QED) is 0.833. The van der Waals surface area contributed by atoms with Gasteiger partial charge in [0.05, 0.1) is 17.2 Å². The van der Waals surface area contributed by atoms with E-state index in [1.165, 1.54) is 0 Å². The molecule has 1 aliphatic carbocycles. The highest BCUT2D eigenvalue weighted by molar-refractivity contribution is 5.32. The van der Waals surface area contributed by atoms with Crippen molar-refractivity contribution in [1.29, 1.82) is 5.26 Å². The first-order valence-electron chi connectivity index (χ1n) is 6.09. The molecule has 0 spiro atoms. The van der Waals surface area contributed by atoms with E-state index in [2.05, 4.69) is 18.3 Å². The summed E-state index contributed by atoms with van der Waals surface area (Å²) >= 11 is 0. The maximum absolute atomic E-state index is 9.98. The van der Waals surface area contributed by atoms with Crippen LogP contribution in [0.25, 0.3) is 0 Å². The van der Waals surface area contributed by atoms with Gasteiger partial charge in [0.2, 0.25) is 0 Å². The maximum Gasteiger partial charge on any atom is 0.0991 e. The zero-order chi connectivity index (χ0) is 12.3. The predicted molar refractivity (Wildman–Crippen MR) is 66.4 cm³/mol. The third kappa shape index (κ3) is 2.85. The Balaban J connectivity index is 1.90. The van der Waals surface area contributed by atoms with E-state index in [1.54, 1.807) is 0 Å². The standard InChI is InChI=1S/C14H18N2O/c1-11(16-10-14(17)7-2-8-14)13-5-3-12(9-15)4-6-13/h3-6,11,16-17H,2,7-8,10H2,1H3. The zero-order valence-corrected chi connectivity index (χ0v) is 10.1. The van der Waals surface area contributed by atoms with Crippen LogP contribution in [0.3, 0.4) is 0 Å². The normalized spacial score (nSPS) is 19.1. The highest BCUT2D eigenvalue weighted by Gasteiger charge is 2.34. The van der Waals surface area contributed by atoms with E-state index in [-0.39, 0.29) is 6.04 Å². The van der Waals surface area contributed by atoms with Gasteiger partial charge >= 0.3 is 0 Å². The summed E-state index contributed by atoms with van der Waals surface area (Å²) in [5.41, 5.74) is 1.34. The summed E-state index contributed by atoms with van der Waals surface area (Å²) in [6.07, 6.45) is 2.93. The lowest BCUT2D eigenvalue weighted by molar-refractivity contribution is -0.0329. The van der Waals surface area contributed by atoms with Crippen LogP contribution in [0.15, 0.2) is 24.3 Å². The molecule has 0 radical (unpaired) electrons. The fourth-order valence-corrected chi connectivity index (χ4v) is 2.07. The highest BCUT2D eigenvalue weighted by Crippen LogP contribution is 2.31. The first kappa shape index (κ1) is 12.1. The monoisotopic (exact) mass is 230 g/mol. The fourth-order valence-electron chi connectivity index (χ4n) is 2.07. The topological polar surface area (TPSA) is 56.0 Å². The van der Waals surface area contributed by atoms with E-state index in [0.29, 0.717) is 12.1 Å². The van der Waals surface area contributed by atoms with Gasteiger partial charge in [-0.15, -0.1) is 0 Å². The Hall–Kier alpha value is -1.37.